The number of rotatable bonds is 4. The van der Waals surface area contributed by atoms with Crippen molar-refractivity contribution in [1.29, 1.82) is 0 Å². The van der Waals surface area contributed by atoms with Gasteiger partial charge in [0.05, 0.1) is 6.33 Å². The molecule has 2 fully saturated rings. The van der Waals surface area contributed by atoms with Crippen LogP contribution in [0.1, 0.15) is 50.1 Å². The summed E-state index contributed by atoms with van der Waals surface area (Å²) in [5.41, 5.74) is 1.48. The first-order valence-corrected chi connectivity index (χ1v) is 6.67. The van der Waals surface area contributed by atoms with Gasteiger partial charge in [-0.1, -0.05) is 6.42 Å². The van der Waals surface area contributed by atoms with Crippen molar-refractivity contribution >= 4 is 0 Å². The standard InChI is InChI=1S/C13H21N3/c1-3-11(4-1)13-9-14-10-16(13)8-6-12-5-2-7-15-12/h9-12,15H,1-8H2. The van der Waals surface area contributed by atoms with Gasteiger partial charge in [0.2, 0.25) is 0 Å². The highest BCUT2D eigenvalue weighted by molar-refractivity contribution is 5.09. The third kappa shape index (κ3) is 2.01. The van der Waals surface area contributed by atoms with Crippen molar-refractivity contribution in [1.82, 2.24) is 14.9 Å². The minimum atomic E-state index is 0.747. The number of hydrogen-bond acceptors (Lipinski definition) is 2. The Balaban J connectivity index is 1.58. The van der Waals surface area contributed by atoms with Crippen LogP contribution in [0.25, 0.3) is 0 Å². The van der Waals surface area contributed by atoms with Gasteiger partial charge in [0.1, 0.15) is 0 Å². The van der Waals surface area contributed by atoms with Gasteiger partial charge >= 0.3 is 0 Å². The molecule has 1 aliphatic carbocycles. The Labute approximate surface area is 97.3 Å². The average molecular weight is 219 g/mol. The van der Waals surface area contributed by atoms with Crippen molar-refractivity contribution in [3.05, 3.63) is 18.2 Å². The third-order valence-corrected chi connectivity index (χ3v) is 4.15. The minimum Gasteiger partial charge on any atom is -0.334 e. The second-order valence-electron chi connectivity index (χ2n) is 5.22. The Morgan fingerprint density at radius 1 is 1.31 bits per heavy atom. The predicted molar refractivity (Wildman–Crippen MR) is 64.5 cm³/mol. The van der Waals surface area contributed by atoms with Gasteiger partial charge in [0.25, 0.3) is 0 Å². The van der Waals surface area contributed by atoms with Crippen LogP contribution in [0, 0.1) is 0 Å². The molecule has 0 amide bonds. The lowest BCUT2D eigenvalue weighted by atomic mass is 9.83. The molecule has 3 heteroatoms. The molecule has 1 aromatic rings. The van der Waals surface area contributed by atoms with Crippen molar-refractivity contribution in [3.63, 3.8) is 0 Å². The predicted octanol–water partition coefficient (Wildman–Crippen LogP) is 2.29. The van der Waals surface area contributed by atoms with E-state index < -0.39 is 0 Å². The summed E-state index contributed by atoms with van der Waals surface area (Å²) in [5.74, 6) is 0.805. The number of nitrogens with zero attached hydrogens (tertiary/aromatic N) is 2. The second kappa shape index (κ2) is 4.58. The highest BCUT2D eigenvalue weighted by atomic mass is 15.1. The summed E-state index contributed by atoms with van der Waals surface area (Å²) >= 11 is 0. The molecule has 1 aromatic heterocycles. The summed E-state index contributed by atoms with van der Waals surface area (Å²) in [6.45, 7) is 2.35. The Morgan fingerprint density at radius 2 is 2.25 bits per heavy atom. The monoisotopic (exact) mass is 219 g/mol. The van der Waals surface area contributed by atoms with Gasteiger partial charge in [0, 0.05) is 30.4 Å². The summed E-state index contributed by atoms with van der Waals surface area (Å²) in [6.07, 6.45) is 12.2. The van der Waals surface area contributed by atoms with Crippen LogP contribution in [0.15, 0.2) is 12.5 Å². The molecule has 3 rings (SSSR count). The van der Waals surface area contributed by atoms with E-state index in [-0.39, 0.29) is 0 Å². The lowest BCUT2D eigenvalue weighted by Crippen LogP contribution is -2.23. The van der Waals surface area contributed by atoms with E-state index in [1.54, 1.807) is 0 Å². The van der Waals surface area contributed by atoms with Gasteiger partial charge in [-0.2, -0.15) is 0 Å². The summed E-state index contributed by atoms with van der Waals surface area (Å²) in [7, 11) is 0. The fraction of sp³-hybridized carbons (Fsp3) is 0.769. The van der Waals surface area contributed by atoms with E-state index in [1.807, 2.05) is 6.33 Å². The Kier molecular flexibility index (Phi) is 2.96. The van der Waals surface area contributed by atoms with Crippen LogP contribution < -0.4 is 5.32 Å². The molecule has 1 saturated heterocycles. The van der Waals surface area contributed by atoms with E-state index in [0.717, 1.165) is 18.5 Å². The van der Waals surface area contributed by atoms with Crippen molar-refractivity contribution in [2.75, 3.05) is 6.54 Å². The molecule has 1 unspecified atom stereocenters. The van der Waals surface area contributed by atoms with E-state index in [4.69, 9.17) is 0 Å². The van der Waals surface area contributed by atoms with E-state index in [1.165, 1.54) is 50.8 Å². The lowest BCUT2D eigenvalue weighted by molar-refractivity contribution is 0.389. The van der Waals surface area contributed by atoms with Gasteiger partial charge in [-0.15, -0.1) is 0 Å². The van der Waals surface area contributed by atoms with E-state index >= 15 is 0 Å². The molecule has 0 radical (unpaired) electrons. The first kappa shape index (κ1) is 10.3. The number of nitrogens with one attached hydrogen (secondary N) is 1. The van der Waals surface area contributed by atoms with Crippen LogP contribution in [0.5, 0.6) is 0 Å². The van der Waals surface area contributed by atoms with Gasteiger partial charge < -0.3 is 9.88 Å². The van der Waals surface area contributed by atoms with Gasteiger partial charge in [-0.3, -0.25) is 0 Å². The maximum atomic E-state index is 4.31. The SMILES string of the molecule is c1ncn(CCC2CCCN2)c1C1CCC1. The maximum absolute atomic E-state index is 4.31. The van der Waals surface area contributed by atoms with Crippen LogP contribution in [-0.2, 0) is 6.54 Å². The van der Waals surface area contributed by atoms with E-state index in [0.29, 0.717) is 0 Å². The smallest absolute Gasteiger partial charge is 0.0948 e. The average Bonchev–Trinajstić information content (AvgIpc) is 2.82. The molecule has 16 heavy (non-hydrogen) atoms. The Bertz CT molecular complexity index is 335. The zero-order valence-corrected chi connectivity index (χ0v) is 9.86. The fourth-order valence-corrected chi connectivity index (χ4v) is 2.86. The number of hydrogen-bond donors (Lipinski definition) is 1. The normalized spacial score (nSPS) is 25.9. The molecule has 1 saturated carbocycles. The zero-order valence-electron chi connectivity index (χ0n) is 9.86. The molecular weight excluding hydrogens is 198 g/mol. The molecule has 1 aliphatic heterocycles. The summed E-state index contributed by atoms with van der Waals surface area (Å²) in [6, 6.07) is 0.747. The Hall–Kier alpha value is -0.830. The largest absolute Gasteiger partial charge is 0.334 e. The molecular formula is C13H21N3. The van der Waals surface area contributed by atoms with Crippen LogP contribution in [-0.4, -0.2) is 22.1 Å². The molecule has 1 N–H and O–H groups in total. The van der Waals surface area contributed by atoms with E-state index in [2.05, 4.69) is 21.1 Å². The topological polar surface area (TPSA) is 29.9 Å². The van der Waals surface area contributed by atoms with Crippen LogP contribution in [0.3, 0.4) is 0 Å². The number of aromatic nitrogens is 2. The third-order valence-electron chi connectivity index (χ3n) is 4.15. The quantitative estimate of drug-likeness (QED) is 0.842. The van der Waals surface area contributed by atoms with Gasteiger partial charge in [-0.25, -0.2) is 4.98 Å². The molecule has 3 nitrogen and oxygen atoms in total. The van der Waals surface area contributed by atoms with Crippen molar-refractivity contribution in [2.45, 2.75) is 57.0 Å². The molecule has 2 heterocycles. The lowest BCUT2D eigenvalue weighted by Gasteiger charge is -2.26. The van der Waals surface area contributed by atoms with Gasteiger partial charge in [-0.05, 0) is 38.6 Å². The molecule has 0 spiro atoms. The second-order valence-corrected chi connectivity index (χ2v) is 5.22. The molecule has 2 aliphatic rings. The van der Waals surface area contributed by atoms with E-state index in [9.17, 15) is 0 Å². The first-order chi connectivity index (χ1) is 7.93. The minimum absolute atomic E-state index is 0.747. The van der Waals surface area contributed by atoms with Crippen molar-refractivity contribution in [3.8, 4) is 0 Å². The number of imidazole rings is 1. The first-order valence-electron chi connectivity index (χ1n) is 6.67. The summed E-state index contributed by atoms with van der Waals surface area (Å²) in [5, 5.41) is 3.56. The Morgan fingerprint density at radius 3 is 2.94 bits per heavy atom. The van der Waals surface area contributed by atoms with Gasteiger partial charge in [0.15, 0.2) is 0 Å². The molecule has 0 bridgehead atoms. The highest BCUT2D eigenvalue weighted by Gasteiger charge is 2.23. The molecule has 1 atom stereocenters. The zero-order chi connectivity index (χ0) is 10.8. The molecule has 0 aromatic carbocycles. The van der Waals surface area contributed by atoms with Crippen molar-refractivity contribution in [2.24, 2.45) is 0 Å². The summed E-state index contributed by atoms with van der Waals surface area (Å²) in [4.78, 5) is 4.31. The molecule has 88 valence electrons. The maximum Gasteiger partial charge on any atom is 0.0948 e. The fourth-order valence-electron chi connectivity index (χ4n) is 2.86. The van der Waals surface area contributed by atoms with Crippen molar-refractivity contribution < 1.29 is 0 Å². The van der Waals surface area contributed by atoms with Crippen LogP contribution in [0.2, 0.25) is 0 Å². The van der Waals surface area contributed by atoms with Crippen LogP contribution >= 0.6 is 0 Å². The number of aryl methyl sites for hydroxylation is 1. The highest BCUT2D eigenvalue weighted by Crippen LogP contribution is 2.36. The summed E-state index contributed by atoms with van der Waals surface area (Å²) < 4.78 is 2.38. The van der Waals surface area contributed by atoms with Crippen LogP contribution in [0.4, 0.5) is 0 Å².